The van der Waals surface area contributed by atoms with E-state index in [0.29, 0.717) is 25.2 Å². The zero-order valence-electron chi connectivity index (χ0n) is 13.4. The minimum atomic E-state index is -0.0993. The van der Waals surface area contributed by atoms with Crippen LogP contribution in [-0.4, -0.2) is 43.8 Å². The van der Waals surface area contributed by atoms with E-state index in [4.69, 9.17) is 5.26 Å². The van der Waals surface area contributed by atoms with Gasteiger partial charge in [0, 0.05) is 36.4 Å². The Hall–Kier alpha value is -3.14. The van der Waals surface area contributed by atoms with E-state index in [1.54, 1.807) is 17.2 Å². The van der Waals surface area contributed by atoms with Gasteiger partial charge < -0.3 is 14.9 Å². The van der Waals surface area contributed by atoms with E-state index in [1.807, 2.05) is 19.2 Å². The van der Waals surface area contributed by atoms with Gasteiger partial charge in [0.15, 0.2) is 0 Å². The maximum atomic E-state index is 12.6. The molecule has 0 aromatic carbocycles. The quantitative estimate of drug-likeness (QED) is 0.728. The van der Waals surface area contributed by atoms with Gasteiger partial charge in [0.25, 0.3) is 5.91 Å². The fraction of sp³-hybridized carbons (Fsp3) is 0.294. The topological polar surface area (TPSA) is 101 Å². The molecule has 0 saturated heterocycles. The molecule has 24 heavy (non-hydrogen) atoms. The predicted molar refractivity (Wildman–Crippen MR) is 90.1 cm³/mol. The molecule has 0 saturated carbocycles. The van der Waals surface area contributed by atoms with E-state index in [9.17, 15) is 4.79 Å². The summed E-state index contributed by atoms with van der Waals surface area (Å²) in [4.78, 5) is 28.9. The van der Waals surface area contributed by atoms with Crippen LogP contribution < -0.4 is 0 Å². The van der Waals surface area contributed by atoms with E-state index in [1.165, 1.54) is 6.33 Å². The number of nitriles is 1. The lowest BCUT2D eigenvalue weighted by molar-refractivity contribution is 0.0754. The number of aromatic amines is 2. The summed E-state index contributed by atoms with van der Waals surface area (Å²) in [6, 6.07) is 5.80. The summed E-state index contributed by atoms with van der Waals surface area (Å²) in [5.41, 5.74) is 2.87. The van der Waals surface area contributed by atoms with Crippen LogP contribution in [0.5, 0.6) is 0 Å². The second kappa shape index (κ2) is 6.96. The van der Waals surface area contributed by atoms with E-state index in [2.05, 4.69) is 26.0 Å². The van der Waals surface area contributed by atoms with Crippen LogP contribution in [0.25, 0.3) is 22.3 Å². The molecule has 0 aliphatic heterocycles. The number of fused-ring (bicyclic) bond motifs is 1. The normalized spacial score (nSPS) is 10.7. The van der Waals surface area contributed by atoms with Crippen molar-refractivity contribution in [2.45, 2.75) is 19.8 Å². The Labute approximate surface area is 139 Å². The number of H-pyrrole nitrogens is 2. The van der Waals surface area contributed by atoms with Crippen LogP contribution in [0.1, 0.15) is 30.3 Å². The largest absolute Gasteiger partial charge is 0.357 e. The Morgan fingerprint density at radius 3 is 3.00 bits per heavy atom. The highest BCUT2D eigenvalue weighted by molar-refractivity contribution is 5.96. The summed E-state index contributed by atoms with van der Waals surface area (Å²) in [6.07, 6.45) is 6.26. The molecule has 3 aromatic rings. The lowest BCUT2D eigenvalue weighted by Gasteiger charge is -2.19. The Morgan fingerprint density at radius 1 is 1.33 bits per heavy atom. The molecule has 0 atom stereocenters. The standard InChI is InChI=1S/C17H18N6O/c1-2-7-23(8-3-5-18)17(24)14-9-12(10-20-14)15-13-4-6-19-16(13)22-11-21-15/h4,6,9-11,20H,2-3,7-8H2,1H3,(H,19,21,22). The number of nitrogens with zero attached hydrogens (tertiary/aromatic N) is 4. The first-order chi connectivity index (χ1) is 11.7. The molecule has 3 aromatic heterocycles. The molecule has 0 spiro atoms. The van der Waals surface area contributed by atoms with Gasteiger partial charge in [0.05, 0.1) is 18.2 Å². The molecule has 0 aliphatic carbocycles. The Bertz CT molecular complexity index is 888. The van der Waals surface area contributed by atoms with Gasteiger partial charge in [-0.3, -0.25) is 4.79 Å². The third-order valence-electron chi connectivity index (χ3n) is 3.82. The van der Waals surface area contributed by atoms with Gasteiger partial charge in [0.1, 0.15) is 17.7 Å². The first-order valence-electron chi connectivity index (χ1n) is 7.87. The van der Waals surface area contributed by atoms with Crippen molar-refractivity contribution in [3.63, 3.8) is 0 Å². The van der Waals surface area contributed by atoms with Crippen LogP contribution >= 0.6 is 0 Å². The summed E-state index contributed by atoms with van der Waals surface area (Å²) in [6.45, 7) is 3.08. The fourth-order valence-electron chi connectivity index (χ4n) is 2.70. The smallest absolute Gasteiger partial charge is 0.270 e. The van der Waals surface area contributed by atoms with E-state index >= 15 is 0 Å². The van der Waals surface area contributed by atoms with Crippen LogP contribution in [0.4, 0.5) is 0 Å². The van der Waals surface area contributed by atoms with Crippen LogP contribution in [0, 0.1) is 11.3 Å². The lowest BCUT2D eigenvalue weighted by atomic mass is 10.1. The minimum Gasteiger partial charge on any atom is -0.357 e. The van der Waals surface area contributed by atoms with Crippen molar-refractivity contribution in [2.24, 2.45) is 0 Å². The van der Waals surface area contributed by atoms with Gasteiger partial charge in [0.2, 0.25) is 0 Å². The monoisotopic (exact) mass is 322 g/mol. The molecule has 2 N–H and O–H groups in total. The number of aromatic nitrogens is 4. The number of amides is 1. The van der Waals surface area contributed by atoms with Crippen molar-refractivity contribution in [1.29, 1.82) is 5.26 Å². The van der Waals surface area contributed by atoms with Crippen LogP contribution in [0.2, 0.25) is 0 Å². The molecular formula is C17H18N6O. The molecule has 122 valence electrons. The van der Waals surface area contributed by atoms with Crippen molar-refractivity contribution in [1.82, 2.24) is 24.8 Å². The molecule has 0 unspecified atom stereocenters. The van der Waals surface area contributed by atoms with Crippen molar-refractivity contribution < 1.29 is 4.79 Å². The molecule has 7 nitrogen and oxygen atoms in total. The van der Waals surface area contributed by atoms with Gasteiger partial charge in [-0.15, -0.1) is 0 Å². The first kappa shape index (κ1) is 15.7. The molecule has 0 bridgehead atoms. The zero-order chi connectivity index (χ0) is 16.9. The number of rotatable bonds is 6. The zero-order valence-corrected chi connectivity index (χ0v) is 13.4. The molecule has 1 amide bonds. The van der Waals surface area contributed by atoms with Gasteiger partial charge >= 0.3 is 0 Å². The van der Waals surface area contributed by atoms with Gasteiger partial charge in [-0.25, -0.2) is 9.97 Å². The summed E-state index contributed by atoms with van der Waals surface area (Å²) < 4.78 is 0. The second-order valence-corrected chi connectivity index (χ2v) is 5.46. The van der Waals surface area contributed by atoms with E-state index in [-0.39, 0.29) is 5.91 Å². The third-order valence-corrected chi connectivity index (χ3v) is 3.82. The summed E-state index contributed by atoms with van der Waals surface area (Å²) in [7, 11) is 0. The minimum absolute atomic E-state index is 0.0993. The molecule has 0 fully saturated rings. The Kier molecular flexibility index (Phi) is 4.57. The highest BCUT2D eigenvalue weighted by Crippen LogP contribution is 2.25. The molecule has 3 rings (SSSR count). The SMILES string of the molecule is CCCN(CCC#N)C(=O)c1cc(-c2ncnc3[nH]ccc23)c[nH]1. The lowest BCUT2D eigenvalue weighted by Crippen LogP contribution is -2.32. The van der Waals surface area contributed by atoms with Gasteiger partial charge in [-0.2, -0.15) is 5.26 Å². The predicted octanol–water partition coefficient (Wildman–Crippen LogP) is 2.72. The van der Waals surface area contributed by atoms with Crippen LogP contribution in [-0.2, 0) is 0 Å². The Morgan fingerprint density at radius 2 is 2.21 bits per heavy atom. The van der Waals surface area contributed by atoms with Crippen molar-refractivity contribution in [3.8, 4) is 17.3 Å². The average molecular weight is 322 g/mol. The Balaban J connectivity index is 1.88. The summed E-state index contributed by atoms with van der Waals surface area (Å²) in [5, 5.41) is 9.66. The van der Waals surface area contributed by atoms with E-state index < -0.39 is 0 Å². The van der Waals surface area contributed by atoms with Crippen molar-refractivity contribution in [3.05, 3.63) is 36.5 Å². The number of hydrogen-bond donors (Lipinski definition) is 2. The van der Waals surface area contributed by atoms with E-state index in [0.717, 1.165) is 28.7 Å². The average Bonchev–Trinajstić information content (AvgIpc) is 3.26. The molecule has 0 aliphatic rings. The molecular weight excluding hydrogens is 304 g/mol. The van der Waals surface area contributed by atoms with Crippen LogP contribution in [0.15, 0.2) is 30.9 Å². The second-order valence-electron chi connectivity index (χ2n) is 5.46. The van der Waals surface area contributed by atoms with Crippen molar-refractivity contribution in [2.75, 3.05) is 13.1 Å². The maximum absolute atomic E-state index is 12.6. The maximum Gasteiger partial charge on any atom is 0.270 e. The van der Waals surface area contributed by atoms with Crippen LogP contribution in [0.3, 0.4) is 0 Å². The highest BCUT2D eigenvalue weighted by Gasteiger charge is 2.18. The fourth-order valence-corrected chi connectivity index (χ4v) is 2.70. The molecule has 3 heterocycles. The van der Waals surface area contributed by atoms with Crippen molar-refractivity contribution >= 4 is 16.9 Å². The van der Waals surface area contributed by atoms with Gasteiger partial charge in [-0.05, 0) is 18.6 Å². The molecule has 0 radical (unpaired) electrons. The third kappa shape index (κ3) is 2.99. The number of carbonyl (C=O) groups excluding carboxylic acids is 1. The summed E-state index contributed by atoms with van der Waals surface area (Å²) in [5.74, 6) is -0.0993. The van der Waals surface area contributed by atoms with Gasteiger partial charge in [-0.1, -0.05) is 6.92 Å². The highest BCUT2D eigenvalue weighted by atomic mass is 16.2. The molecule has 7 heteroatoms. The first-order valence-corrected chi connectivity index (χ1v) is 7.87. The number of hydrogen-bond acceptors (Lipinski definition) is 4. The number of carbonyl (C=O) groups is 1. The summed E-state index contributed by atoms with van der Waals surface area (Å²) >= 11 is 0. The number of nitrogens with one attached hydrogen (secondary N) is 2.